The third-order valence-electron chi connectivity index (χ3n) is 6.30. The normalized spacial score (nSPS) is 28.6. The molecule has 4 rings (SSSR count). The highest BCUT2D eigenvalue weighted by atomic mass is 16.5. The van der Waals surface area contributed by atoms with Crippen molar-refractivity contribution in [3.63, 3.8) is 0 Å². The molecule has 1 aromatic rings. The zero-order valence-electron chi connectivity index (χ0n) is 16.2. The van der Waals surface area contributed by atoms with Crippen molar-refractivity contribution in [3.05, 3.63) is 29.8 Å². The summed E-state index contributed by atoms with van der Waals surface area (Å²) in [4.78, 5) is 17.1. The van der Waals surface area contributed by atoms with Crippen LogP contribution < -0.4 is 10.1 Å². The Hall–Kier alpha value is -1.79. The Bertz CT molecular complexity index is 633. The number of carbonyl (C=O) groups excluding carboxylic acids is 1. The summed E-state index contributed by atoms with van der Waals surface area (Å²) in [6.45, 7) is 3.63. The second-order valence-corrected chi connectivity index (χ2v) is 7.94. The summed E-state index contributed by atoms with van der Waals surface area (Å²) in [5, 5.41) is 3.30. The fourth-order valence-corrected chi connectivity index (χ4v) is 4.92. The van der Waals surface area contributed by atoms with Crippen LogP contribution in [-0.2, 0) is 11.3 Å². The van der Waals surface area contributed by atoms with Gasteiger partial charge in [-0.2, -0.15) is 0 Å². The Labute approximate surface area is 161 Å². The number of para-hydroxylation sites is 1. The van der Waals surface area contributed by atoms with Gasteiger partial charge in [0.15, 0.2) is 0 Å². The van der Waals surface area contributed by atoms with Crippen LogP contribution in [0.1, 0.15) is 37.7 Å². The molecule has 3 fully saturated rings. The monoisotopic (exact) mass is 373 g/mol. The van der Waals surface area contributed by atoms with E-state index in [2.05, 4.69) is 22.3 Å². The van der Waals surface area contributed by atoms with E-state index >= 15 is 0 Å². The van der Waals surface area contributed by atoms with Crippen molar-refractivity contribution in [3.8, 4) is 5.75 Å². The molecule has 6 heteroatoms. The standard InChI is InChI=1S/C21H31N3O3/c1-26-20-8-3-2-5-16(20)15-24-18-6-4-7-19(24)14-17(13-18)22-21(25)23-9-11-27-12-10-23/h2-3,5,8,17-19H,4,6-7,9-15H2,1H3,(H,22,25). The first-order valence-corrected chi connectivity index (χ1v) is 10.3. The molecule has 27 heavy (non-hydrogen) atoms. The fraction of sp³-hybridized carbons (Fsp3) is 0.667. The number of nitrogens with one attached hydrogen (secondary N) is 1. The molecule has 2 amide bonds. The third kappa shape index (κ3) is 4.22. The van der Waals surface area contributed by atoms with Crippen LogP contribution in [0.3, 0.4) is 0 Å². The third-order valence-corrected chi connectivity index (χ3v) is 6.30. The maximum absolute atomic E-state index is 12.6. The Morgan fingerprint density at radius 1 is 1.19 bits per heavy atom. The highest BCUT2D eigenvalue weighted by Gasteiger charge is 2.39. The maximum atomic E-state index is 12.6. The average Bonchev–Trinajstić information content (AvgIpc) is 2.69. The first-order chi connectivity index (χ1) is 13.2. The fourth-order valence-electron chi connectivity index (χ4n) is 4.92. The first kappa shape index (κ1) is 18.6. The summed E-state index contributed by atoms with van der Waals surface area (Å²) < 4.78 is 10.9. The van der Waals surface area contributed by atoms with E-state index in [0.29, 0.717) is 38.4 Å². The topological polar surface area (TPSA) is 54.0 Å². The van der Waals surface area contributed by atoms with Gasteiger partial charge in [-0.1, -0.05) is 24.6 Å². The van der Waals surface area contributed by atoms with Gasteiger partial charge < -0.3 is 19.7 Å². The number of rotatable bonds is 4. The highest BCUT2D eigenvalue weighted by molar-refractivity contribution is 5.74. The molecule has 2 atom stereocenters. The van der Waals surface area contributed by atoms with E-state index in [1.54, 1.807) is 7.11 Å². The number of methoxy groups -OCH3 is 1. The molecule has 0 radical (unpaired) electrons. The molecule has 1 aromatic carbocycles. The van der Waals surface area contributed by atoms with Crippen molar-refractivity contribution in [2.45, 2.75) is 56.8 Å². The second kappa shape index (κ2) is 8.48. The molecule has 2 unspecified atom stereocenters. The summed E-state index contributed by atoms with van der Waals surface area (Å²) in [5.41, 5.74) is 1.26. The van der Waals surface area contributed by atoms with E-state index in [4.69, 9.17) is 9.47 Å². The number of benzene rings is 1. The van der Waals surface area contributed by atoms with E-state index in [1.165, 1.54) is 24.8 Å². The molecular weight excluding hydrogens is 342 g/mol. The SMILES string of the molecule is COc1ccccc1CN1C2CCCC1CC(NC(=O)N1CCOCC1)C2. The Balaban J connectivity index is 1.39. The van der Waals surface area contributed by atoms with Crippen LogP contribution >= 0.6 is 0 Å². The van der Waals surface area contributed by atoms with Crippen LogP contribution in [0.15, 0.2) is 24.3 Å². The predicted molar refractivity (Wildman–Crippen MR) is 104 cm³/mol. The van der Waals surface area contributed by atoms with Gasteiger partial charge in [-0.25, -0.2) is 4.79 Å². The van der Waals surface area contributed by atoms with Crippen molar-refractivity contribution in [2.75, 3.05) is 33.4 Å². The molecule has 3 saturated heterocycles. The number of piperidine rings is 2. The minimum Gasteiger partial charge on any atom is -0.496 e. The summed E-state index contributed by atoms with van der Waals surface area (Å²) >= 11 is 0. The molecular formula is C21H31N3O3. The van der Waals surface area contributed by atoms with Crippen molar-refractivity contribution >= 4 is 6.03 Å². The van der Waals surface area contributed by atoms with E-state index in [-0.39, 0.29) is 12.1 Å². The average molecular weight is 373 g/mol. The lowest BCUT2D eigenvalue weighted by Crippen LogP contribution is -2.58. The van der Waals surface area contributed by atoms with Gasteiger partial charge >= 0.3 is 6.03 Å². The number of carbonyl (C=O) groups is 1. The number of ether oxygens (including phenoxy) is 2. The van der Waals surface area contributed by atoms with E-state index in [9.17, 15) is 4.79 Å². The van der Waals surface area contributed by atoms with Gasteiger partial charge in [-0.15, -0.1) is 0 Å². The molecule has 3 heterocycles. The zero-order valence-corrected chi connectivity index (χ0v) is 16.2. The van der Waals surface area contributed by atoms with Gasteiger partial charge in [0.2, 0.25) is 0 Å². The summed E-state index contributed by atoms with van der Waals surface area (Å²) in [6, 6.07) is 9.76. The minimum atomic E-state index is 0.0829. The number of fused-ring (bicyclic) bond motifs is 2. The molecule has 0 spiro atoms. The lowest BCUT2D eigenvalue weighted by atomic mass is 9.81. The van der Waals surface area contributed by atoms with Gasteiger partial charge in [-0.3, -0.25) is 4.90 Å². The van der Waals surface area contributed by atoms with Gasteiger partial charge in [0, 0.05) is 43.3 Å². The molecule has 0 aliphatic carbocycles. The first-order valence-electron chi connectivity index (χ1n) is 10.3. The number of urea groups is 1. The summed E-state index contributed by atoms with van der Waals surface area (Å²) in [6.07, 6.45) is 5.82. The molecule has 0 aromatic heterocycles. The van der Waals surface area contributed by atoms with Gasteiger partial charge in [0.1, 0.15) is 5.75 Å². The highest BCUT2D eigenvalue weighted by Crippen LogP contribution is 2.36. The molecule has 3 aliphatic heterocycles. The van der Waals surface area contributed by atoms with Crippen molar-refractivity contribution < 1.29 is 14.3 Å². The van der Waals surface area contributed by atoms with E-state index in [1.807, 2.05) is 17.0 Å². The zero-order chi connectivity index (χ0) is 18.6. The maximum Gasteiger partial charge on any atom is 0.317 e. The molecule has 2 bridgehead atoms. The second-order valence-electron chi connectivity index (χ2n) is 7.94. The molecule has 1 N–H and O–H groups in total. The Morgan fingerprint density at radius 3 is 2.59 bits per heavy atom. The van der Waals surface area contributed by atoms with Gasteiger partial charge in [0.25, 0.3) is 0 Å². The molecule has 148 valence electrons. The van der Waals surface area contributed by atoms with Crippen LogP contribution in [0, 0.1) is 0 Å². The number of amides is 2. The lowest BCUT2D eigenvalue weighted by molar-refractivity contribution is 0.0156. The smallest absolute Gasteiger partial charge is 0.317 e. The Kier molecular flexibility index (Phi) is 5.83. The molecule has 3 aliphatic rings. The largest absolute Gasteiger partial charge is 0.496 e. The summed E-state index contributed by atoms with van der Waals surface area (Å²) in [5.74, 6) is 0.971. The number of morpholine rings is 1. The van der Waals surface area contributed by atoms with Crippen molar-refractivity contribution in [2.24, 2.45) is 0 Å². The van der Waals surface area contributed by atoms with Crippen LogP contribution in [0.5, 0.6) is 5.75 Å². The number of nitrogens with zero attached hydrogens (tertiary/aromatic N) is 2. The van der Waals surface area contributed by atoms with Crippen LogP contribution in [0.2, 0.25) is 0 Å². The lowest BCUT2D eigenvalue weighted by Gasteiger charge is -2.49. The molecule has 0 saturated carbocycles. The van der Waals surface area contributed by atoms with Crippen LogP contribution in [-0.4, -0.2) is 67.4 Å². The predicted octanol–water partition coefficient (Wildman–Crippen LogP) is 2.62. The van der Waals surface area contributed by atoms with Gasteiger partial charge in [0.05, 0.1) is 20.3 Å². The number of hydrogen-bond donors (Lipinski definition) is 1. The minimum absolute atomic E-state index is 0.0829. The number of hydrogen-bond acceptors (Lipinski definition) is 4. The van der Waals surface area contributed by atoms with Crippen molar-refractivity contribution in [1.29, 1.82) is 0 Å². The summed E-state index contributed by atoms with van der Waals surface area (Å²) in [7, 11) is 1.74. The van der Waals surface area contributed by atoms with Gasteiger partial charge in [-0.05, 0) is 31.7 Å². The van der Waals surface area contributed by atoms with E-state index in [0.717, 1.165) is 25.1 Å². The molecule has 6 nitrogen and oxygen atoms in total. The van der Waals surface area contributed by atoms with Crippen molar-refractivity contribution in [1.82, 2.24) is 15.1 Å². The van der Waals surface area contributed by atoms with E-state index < -0.39 is 0 Å². The van der Waals surface area contributed by atoms with Crippen LogP contribution in [0.25, 0.3) is 0 Å². The quantitative estimate of drug-likeness (QED) is 0.882. The van der Waals surface area contributed by atoms with Crippen LogP contribution in [0.4, 0.5) is 4.79 Å². The Morgan fingerprint density at radius 2 is 1.89 bits per heavy atom.